The van der Waals surface area contributed by atoms with Crippen LogP contribution in [0.15, 0.2) is 0 Å². The number of carboxylic acid groups (broad SMARTS) is 1. The summed E-state index contributed by atoms with van der Waals surface area (Å²) < 4.78 is 5.64. The second kappa shape index (κ2) is 4.39. The maximum Gasteiger partial charge on any atom is 0.344 e. The monoisotopic (exact) mass is 207 g/mol. The standard InChI is InChI=1S/C9H19O3P/c1-9(2,3)7-12-13(4,5)6-8(10)11/h6-7H2,1-5H3/p+1. The lowest BCUT2D eigenvalue weighted by Crippen LogP contribution is -2.17. The summed E-state index contributed by atoms with van der Waals surface area (Å²) in [5.74, 6) is -0.771. The minimum atomic E-state index is -1.69. The zero-order chi connectivity index (χ0) is 10.7. The third-order valence-corrected chi connectivity index (χ3v) is 3.22. The summed E-state index contributed by atoms with van der Waals surface area (Å²) in [6.07, 6.45) is 0.156. The van der Waals surface area contributed by atoms with Crippen LogP contribution >= 0.6 is 7.49 Å². The van der Waals surface area contributed by atoms with Crippen LogP contribution in [-0.4, -0.2) is 37.2 Å². The number of carbonyl (C=O) groups is 1. The molecule has 78 valence electrons. The van der Waals surface area contributed by atoms with Crippen LogP contribution in [0.4, 0.5) is 0 Å². The van der Waals surface area contributed by atoms with Gasteiger partial charge in [-0.05, 0) is 5.41 Å². The van der Waals surface area contributed by atoms with E-state index in [1.54, 1.807) is 0 Å². The fourth-order valence-electron chi connectivity index (χ4n) is 0.740. The maximum atomic E-state index is 10.5. The second-order valence-corrected chi connectivity index (χ2v) is 8.68. The summed E-state index contributed by atoms with van der Waals surface area (Å²) in [5.41, 5.74) is 0.107. The van der Waals surface area contributed by atoms with Crippen molar-refractivity contribution in [3.05, 3.63) is 0 Å². The van der Waals surface area contributed by atoms with Crippen molar-refractivity contribution >= 4 is 13.5 Å². The Morgan fingerprint density at radius 3 is 2.15 bits per heavy atom. The lowest BCUT2D eigenvalue weighted by atomic mass is 9.99. The van der Waals surface area contributed by atoms with Gasteiger partial charge >= 0.3 is 5.97 Å². The third-order valence-electron chi connectivity index (χ3n) is 1.36. The van der Waals surface area contributed by atoms with E-state index in [9.17, 15) is 4.79 Å². The molecule has 0 saturated carbocycles. The zero-order valence-electron chi connectivity index (χ0n) is 9.13. The molecule has 0 saturated heterocycles. The van der Waals surface area contributed by atoms with Gasteiger partial charge in [0, 0.05) is 0 Å². The van der Waals surface area contributed by atoms with Gasteiger partial charge in [0.15, 0.2) is 13.7 Å². The summed E-state index contributed by atoms with van der Waals surface area (Å²) in [6, 6.07) is 0. The van der Waals surface area contributed by atoms with E-state index in [4.69, 9.17) is 9.63 Å². The summed E-state index contributed by atoms with van der Waals surface area (Å²) in [4.78, 5) is 10.5. The number of carboxylic acids is 1. The van der Waals surface area contributed by atoms with Crippen molar-refractivity contribution < 1.29 is 14.4 Å². The van der Waals surface area contributed by atoms with Crippen molar-refractivity contribution in [3.63, 3.8) is 0 Å². The van der Waals surface area contributed by atoms with Crippen LogP contribution in [0, 0.1) is 5.41 Å². The molecular formula is C9H20O3P+. The van der Waals surface area contributed by atoms with Crippen molar-refractivity contribution in [2.24, 2.45) is 5.41 Å². The number of hydrogen-bond donors (Lipinski definition) is 1. The minimum Gasteiger partial charge on any atom is -0.478 e. The highest BCUT2D eigenvalue weighted by Crippen LogP contribution is 2.52. The van der Waals surface area contributed by atoms with Gasteiger partial charge in [-0.3, -0.25) is 0 Å². The molecular weight excluding hydrogens is 187 g/mol. The molecule has 0 spiro atoms. The first kappa shape index (κ1) is 12.9. The molecule has 0 aliphatic heterocycles. The van der Waals surface area contributed by atoms with E-state index in [2.05, 4.69) is 20.8 Å². The molecule has 0 bridgehead atoms. The van der Waals surface area contributed by atoms with Gasteiger partial charge in [-0.1, -0.05) is 20.8 Å². The van der Waals surface area contributed by atoms with Crippen LogP contribution < -0.4 is 0 Å². The molecule has 0 heterocycles. The quantitative estimate of drug-likeness (QED) is 0.719. The minimum absolute atomic E-state index is 0.107. The Balaban J connectivity index is 3.96. The predicted molar refractivity (Wildman–Crippen MR) is 56.7 cm³/mol. The van der Waals surface area contributed by atoms with Crippen LogP contribution in [-0.2, 0) is 9.32 Å². The molecule has 0 radical (unpaired) electrons. The Labute approximate surface area is 80.9 Å². The normalized spacial score (nSPS) is 13.0. The van der Waals surface area contributed by atoms with Crippen molar-refractivity contribution in [2.45, 2.75) is 20.8 Å². The Morgan fingerprint density at radius 1 is 1.38 bits per heavy atom. The van der Waals surface area contributed by atoms with Gasteiger partial charge in [0.1, 0.15) is 0 Å². The van der Waals surface area contributed by atoms with E-state index in [0.717, 1.165) is 0 Å². The molecule has 4 heteroatoms. The SMILES string of the molecule is CC(C)(C)CO[P+](C)(C)CC(=O)O. The van der Waals surface area contributed by atoms with Crippen LogP contribution in [0.3, 0.4) is 0 Å². The first-order chi connectivity index (χ1) is 5.62. The fraction of sp³-hybridized carbons (Fsp3) is 0.889. The van der Waals surface area contributed by atoms with Gasteiger partial charge in [-0.2, -0.15) is 0 Å². The molecule has 0 atom stereocenters. The van der Waals surface area contributed by atoms with Gasteiger partial charge in [0.05, 0.1) is 19.9 Å². The van der Waals surface area contributed by atoms with Crippen molar-refractivity contribution in [2.75, 3.05) is 26.1 Å². The van der Waals surface area contributed by atoms with Gasteiger partial charge in [-0.15, -0.1) is 0 Å². The molecule has 0 aromatic heterocycles. The Morgan fingerprint density at radius 2 is 1.85 bits per heavy atom. The van der Waals surface area contributed by atoms with Crippen LogP contribution in [0.2, 0.25) is 0 Å². The largest absolute Gasteiger partial charge is 0.478 e. The molecule has 0 aliphatic carbocycles. The van der Waals surface area contributed by atoms with E-state index in [-0.39, 0.29) is 11.6 Å². The lowest BCUT2D eigenvalue weighted by Gasteiger charge is -2.22. The van der Waals surface area contributed by atoms with Gasteiger partial charge < -0.3 is 5.11 Å². The molecule has 0 fully saturated rings. The maximum absolute atomic E-state index is 10.5. The second-order valence-electron chi connectivity index (χ2n) is 4.96. The Hall–Kier alpha value is -0.140. The molecule has 0 aromatic carbocycles. The lowest BCUT2D eigenvalue weighted by molar-refractivity contribution is -0.134. The highest BCUT2D eigenvalue weighted by molar-refractivity contribution is 7.70. The van der Waals surface area contributed by atoms with E-state index in [0.29, 0.717) is 6.61 Å². The Kier molecular flexibility index (Phi) is 4.34. The average Bonchev–Trinajstić information content (AvgIpc) is 1.79. The van der Waals surface area contributed by atoms with E-state index >= 15 is 0 Å². The first-order valence-corrected chi connectivity index (χ1v) is 7.10. The number of rotatable bonds is 4. The Bertz CT molecular complexity index is 182. The average molecular weight is 207 g/mol. The fourth-order valence-corrected chi connectivity index (χ4v) is 2.22. The molecule has 0 aromatic rings. The van der Waals surface area contributed by atoms with Crippen LogP contribution in [0.25, 0.3) is 0 Å². The molecule has 0 aliphatic rings. The summed E-state index contributed by atoms with van der Waals surface area (Å²) in [5, 5.41) is 8.63. The van der Waals surface area contributed by atoms with E-state index in [1.807, 2.05) is 13.3 Å². The van der Waals surface area contributed by atoms with Crippen molar-refractivity contribution in [1.29, 1.82) is 0 Å². The molecule has 0 rings (SSSR count). The summed E-state index contributed by atoms with van der Waals surface area (Å²) in [7, 11) is -1.69. The van der Waals surface area contributed by atoms with Crippen molar-refractivity contribution in [1.82, 2.24) is 0 Å². The third kappa shape index (κ3) is 8.20. The van der Waals surface area contributed by atoms with E-state index in [1.165, 1.54) is 0 Å². The summed E-state index contributed by atoms with van der Waals surface area (Å²) in [6.45, 7) is 10.7. The van der Waals surface area contributed by atoms with Gasteiger partial charge in [0.2, 0.25) is 0 Å². The van der Waals surface area contributed by atoms with Crippen LogP contribution in [0.5, 0.6) is 0 Å². The van der Waals surface area contributed by atoms with Gasteiger partial charge in [-0.25, -0.2) is 9.32 Å². The highest BCUT2D eigenvalue weighted by Gasteiger charge is 2.32. The number of hydrogen-bond acceptors (Lipinski definition) is 2. The predicted octanol–water partition coefficient (Wildman–Crippen LogP) is 2.33. The van der Waals surface area contributed by atoms with Crippen molar-refractivity contribution in [3.8, 4) is 0 Å². The molecule has 1 N–H and O–H groups in total. The topological polar surface area (TPSA) is 46.5 Å². The van der Waals surface area contributed by atoms with Crippen LogP contribution in [0.1, 0.15) is 20.8 Å². The molecule has 0 amide bonds. The molecule has 0 unspecified atom stereocenters. The smallest absolute Gasteiger partial charge is 0.344 e. The highest BCUT2D eigenvalue weighted by atomic mass is 31.2. The van der Waals surface area contributed by atoms with E-state index < -0.39 is 13.5 Å². The molecule has 13 heavy (non-hydrogen) atoms. The zero-order valence-corrected chi connectivity index (χ0v) is 10.0. The first-order valence-electron chi connectivity index (χ1n) is 4.32. The molecule has 3 nitrogen and oxygen atoms in total. The van der Waals surface area contributed by atoms with Gasteiger partial charge in [0.25, 0.3) is 0 Å². The summed E-state index contributed by atoms with van der Waals surface area (Å²) >= 11 is 0. The number of aliphatic carboxylic acids is 1.